The summed E-state index contributed by atoms with van der Waals surface area (Å²) in [7, 11) is 0. The van der Waals surface area contributed by atoms with Crippen molar-refractivity contribution in [1.82, 2.24) is 14.5 Å². The third kappa shape index (κ3) is 3.34. The minimum Gasteiger partial charge on any atom is -0.463 e. The normalized spacial score (nSPS) is 10.5. The molecular formula is C16H14N4O3. The summed E-state index contributed by atoms with van der Waals surface area (Å²) in [4.78, 5) is 32.3. The van der Waals surface area contributed by atoms with Crippen LogP contribution in [0.3, 0.4) is 0 Å². The summed E-state index contributed by atoms with van der Waals surface area (Å²) in [5, 5.41) is 2.67. The van der Waals surface area contributed by atoms with Crippen molar-refractivity contribution in [3.05, 3.63) is 65.0 Å². The van der Waals surface area contributed by atoms with Gasteiger partial charge in [0.2, 0.25) is 5.91 Å². The molecule has 23 heavy (non-hydrogen) atoms. The van der Waals surface area contributed by atoms with Crippen LogP contribution in [-0.2, 0) is 11.3 Å². The summed E-state index contributed by atoms with van der Waals surface area (Å²) in [6.45, 7) is 1.70. The molecule has 0 bridgehead atoms. The van der Waals surface area contributed by atoms with Crippen molar-refractivity contribution in [2.45, 2.75) is 13.5 Å². The number of aryl methyl sites for hydroxylation is 1. The van der Waals surface area contributed by atoms with Gasteiger partial charge in [-0.3, -0.25) is 14.2 Å². The summed E-state index contributed by atoms with van der Waals surface area (Å²) in [5.74, 6) is 0.634. The summed E-state index contributed by atoms with van der Waals surface area (Å²) in [6, 6.07) is 8.38. The molecule has 0 radical (unpaired) electrons. The van der Waals surface area contributed by atoms with Gasteiger partial charge < -0.3 is 9.73 Å². The minimum atomic E-state index is -0.346. The maximum absolute atomic E-state index is 12.1. The smallest absolute Gasteiger partial charge is 0.254 e. The Bertz CT molecular complexity index is 884. The number of amides is 1. The molecular weight excluding hydrogens is 296 g/mol. The molecule has 3 aromatic heterocycles. The van der Waals surface area contributed by atoms with Crippen molar-refractivity contribution in [3.63, 3.8) is 0 Å². The van der Waals surface area contributed by atoms with Crippen LogP contribution >= 0.6 is 0 Å². The Labute approximate surface area is 131 Å². The topological polar surface area (TPSA) is 90.0 Å². The third-order valence-electron chi connectivity index (χ3n) is 3.23. The van der Waals surface area contributed by atoms with Crippen molar-refractivity contribution in [3.8, 4) is 11.5 Å². The van der Waals surface area contributed by atoms with Crippen molar-refractivity contribution in [2.75, 3.05) is 5.32 Å². The molecule has 0 fully saturated rings. The second-order valence-corrected chi connectivity index (χ2v) is 4.93. The zero-order valence-corrected chi connectivity index (χ0v) is 12.4. The molecule has 3 heterocycles. The SMILES string of the molecule is Cc1cccnc1NC(=O)Cn1cnc(-c2ccco2)cc1=O. The first-order chi connectivity index (χ1) is 11.1. The number of hydrogen-bond donors (Lipinski definition) is 1. The fraction of sp³-hybridized carbons (Fsp3) is 0.125. The van der Waals surface area contributed by atoms with Crippen LogP contribution in [-0.4, -0.2) is 20.4 Å². The van der Waals surface area contributed by atoms with E-state index in [9.17, 15) is 9.59 Å². The standard InChI is InChI=1S/C16H14N4O3/c1-11-4-2-6-17-16(11)19-14(21)9-20-10-18-12(8-15(20)22)13-5-3-7-23-13/h2-8,10H,9H2,1H3,(H,17,19,21). The maximum atomic E-state index is 12.1. The molecule has 7 nitrogen and oxygen atoms in total. The Balaban J connectivity index is 1.74. The van der Waals surface area contributed by atoms with Gasteiger partial charge in [-0.2, -0.15) is 0 Å². The lowest BCUT2D eigenvalue weighted by molar-refractivity contribution is -0.116. The summed E-state index contributed by atoms with van der Waals surface area (Å²) < 4.78 is 6.41. The van der Waals surface area contributed by atoms with E-state index in [4.69, 9.17) is 4.42 Å². The molecule has 0 atom stereocenters. The van der Waals surface area contributed by atoms with E-state index in [0.29, 0.717) is 17.3 Å². The number of pyridine rings is 1. The van der Waals surface area contributed by atoms with Crippen LogP contribution in [0.2, 0.25) is 0 Å². The number of nitrogens with zero attached hydrogens (tertiary/aromatic N) is 3. The molecule has 0 spiro atoms. The minimum absolute atomic E-state index is 0.139. The fourth-order valence-corrected chi connectivity index (χ4v) is 2.05. The molecule has 0 aliphatic rings. The van der Waals surface area contributed by atoms with Gasteiger partial charge in [-0.1, -0.05) is 6.07 Å². The first-order valence-corrected chi connectivity index (χ1v) is 6.95. The molecule has 116 valence electrons. The van der Waals surface area contributed by atoms with Gasteiger partial charge in [0.1, 0.15) is 18.1 Å². The van der Waals surface area contributed by atoms with Crippen LogP contribution in [0, 0.1) is 6.92 Å². The second kappa shape index (κ2) is 6.27. The van der Waals surface area contributed by atoms with Crippen LogP contribution in [0.15, 0.2) is 58.3 Å². The van der Waals surface area contributed by atoms with Crippen molar-refractivity contribution < 1.29 is 9.21 Å². The van der Waals surface area contributed by atoms with E-state index in [-0.39, 0.29) is 18.0 Å². The Hall–Kier alpha value is -3.22. The average Bonchev–Trinajstić information content (AvgIpc) is 3.06. The number of nitrogens with one attached hydrogen (secondary N) is 1. The molecule has 0 unspecified atom stereocenters. The van der Waals surface area contributed by atoms with Crippen LogP contribution in [0.5, 0.6) is 0 Å². The van der Waals surface area contributed by atoms with Gasteiger partial charge in [0.25, 0.3) is 5.56 Å². The number of hydrogen-bond acceptors (Lipinski definition) is 5. The van der Waals surface area contributed by atoms with E-state index in [0.717, 1.165) is 5.56 Å². The van der Waals surface area contributed by atoms with Crippen LogP contribution in [0.25, 0.3) is 11.5 Å². The Kier molecular flexibility index (Phi) is 4.01. The molecule has 1 amide bonds. The molecule has 0 saturated carbocycles. The van der Waals surface area contributed by atoms with E-state index in [2.05, 4.69) is 15.3 Å². The highest BCUT2D eigenvalue weighted by Gasteiger charge is 2.10. The predicted octanol–water partition coefficient (Wildman–Crippen LogP) is 1.85. The van der Waals surface area contributed by atoms with Gasteiger partial charge in [-0.15, -0.1) is 0 Å². The average molecular weight is 310 g/mol. The Morgan fingerprint density at radius 2 is 2.17 bits per heavy atom. The highest BCUT2D eigenvalue weighted by Crippen LogP contribution is 2.14. The maximum Gasteiger partial charge on any atom is 0.254 e. The van der Waals surface area contributed by atoms with E-state index >= 15 is 0 Å². The van der Waals surface area contributed by atoms with Crippen molar-refractivity contribution in [2.24, 2.45) is 0 Å². The highest BCUT2D eigenvalue weighted by molar-refractivity contribution is 5.90. The number of furan rings is 1. The van der Waals surface area contributed by atoms with Gasteiger partial charge in [-0.25, -0.2) is 9.97 Å². The van der Waals surface area contributed by atoms with Gasteiger partial charge >= 0.3 is 0 Å². The zero-order chi connectivity index (χ0) is 16.2. The lowest BCUT2D eigenvalue weighted by Gasteiger charge is -2.08. The molecule has 1 N–H and O–H groups in total. The van der Waals surface area contributed by atoms with E-state index in [1.165, 1.54) is 23.2 Å². The van der Waals surface area contributed by atoms with Crippen molar-refractivity contribution in [1.29, 1.82) is 0 Å². The van der Waals surface area contributed by atoms with Crippen LogP contribution in [0.4, 0.5) is 5.82 Å². The monoisotopic (exact) mass is 310 g/mol. The molecule has 3 rings (SSSR count). The molecule has 0 saturated heterocycles. The number of carbonyl (C=O) groups excluding carboxylic acids is 1. The quantitative estimate of drug-likeness (QED) is 0.794. The lowest BCUT2D eigenvalue weighted by Crippen LogP contribution is -2.27. The molecule has 3 aromatic rings. The van der Waals surface area contributed by atoms with Gasteiger partial charge in [-0.05, 0) is 30.7 Å². The Morgan fingerprint density at radius 3 is 2.87 bits per heavy atom. The molecule has 0 aliphatic carbocycles. The first kappa shape index (κ1) is 14.7. The summed E-state index contributed by atoms with van der Waals surface area (Å²) >= 11 is 0. The predicted molar refractivity (Wildman–Crippen MR) is 83.8 cm³/mol. The van der Waals surface area contributed by atoms with E-state index < -0.39 is 0 Å². The van der Waals surface area contributed by atoms with Crippen molar-refractivity contribution >= 4 is 11.7 Å². The molecule has 7 heteroatoms. The van der Waals surface area contributed by atoms with E-state index in [1.54, 1.807) is 24.4 Å². The third-order valence-corrected chi connectivity index (χ3v) is 3.23. The summed E-state index contributed by atoms with van der Waals surface area (Å²) in [6.07, 6.45) is 4.42. The Morgan fingerprint density at radius 1 is 1.30 bits per heavy atom. The lowest BCUT2D eigenvalue weighted by atomic mass is 10.3. The summed E-state index contributed by atoms with van der Waals surface area (Å²) in [5.41, 5.74) is 0.941. The fourth-order valence-electron chi connectivity index (χ4n) is 2.05. The number of aromatic nitrogens is 3. The zero-order valence-electron chi connectivity index (χ0n) is 12.4. The molecule has 0 aromatic carbocycles. The number of anilines is 1. The highest BCUT2D eigenvalue weighted by atomic mass is 16.3. The van der Waals surface area contributed by atoms with Gasteiger partial charge in [0, 0.05) is 12.3 Å². The molecule has 0 aliphatic heterocycles. The number of carbonyl (C=O) groups is 1. The van der Waals surface area contributed by atoms with Gasteiger partial charge in [0.15, 0.2) is 5.76 Å². The number of rotatable bonds is 4. The largest absolute Gasteiger partial charge is 0.463 e. The van der Waals surface area contributed by atoms with Crippen LogP contribution < -0.4 is 10.9 Å². The van der Waals surface area contributed by atoms with E-state index in [1.807, 2.05) is 13.0 Å². The second-order valence-electron chi connectivity index (χ2n) is 4.93. The van der Waals surface area contributed by atoms with Gasteiger partial charge in [0.05, 0.1) is 12.6 Å². The first-order valence-electron chi connectivity index (χ1n) is 6.95. The van der Waals surface area contributed by atoms with Crippen LogP contribution in [0.1, 0.15) is 5.56 Å².